The van der Waals surface area contributed by atoms with Crippen LogP contribution in [0.5, 0.6) is 0 Å². The molecule has 0 saturated heterocycles. The molecule has 0 fully saturated rings. The summed E-state index contributed by atoms with van der Waals surface area (Å²) >= 11 is 0. The molecule has 8 heteroatoms. The summed E-state index contributed by atoms with van der Waals surface area (Å²) in [5.41, 5.74) is 0.223. The number of halogens is 1. The highest BCUT2D eigenvalue weighted by atomic mass is 32.2. The third-order valence-electron chi connectivity index (χ3n) is 2.61. The first-order chi connectivity index (χ1) is 9.52. The monoisotopic (exact) mass is 299 g/mol. The van der Waals surface area contributed by atoms with Gasteiger partial charge in [0.05, 0.1) is 11.3 Å². The predicted octanol–water partition coefficient (Wildman–Crippen LogP) is 1.36. The van der Waals surface area contributed by atoms with Gasteiger partial charge in [0.1, 0.15) is 5.82 Å². The lowest BCUT2D eigenvalue weighted by atomic mass is 10.2. The third kappa shape index (κ3) is 3.61. The summed E-state index contributed by atoms with van der Waals surface area (Å²) in [4.78, 5) is 0. The van der Waals surface area contributed by atoms with Crippen LogP contribution in [-0.4, -0.2) is 30.9 Å². The first-order valence-corrected chi connectivity index (χ1v) is 7.71. The second kappa shape index (κ2) is 6.10. The molecule has 0 aliphatic rings. The van der Waals surface area contributed by atoms with E-state index in [1.165, 1.54) is 12.1 Å². The molecule has 2 rings (SSSR count). The van der Waals surface area contributed by atoms with Crippen molar-refractivity contribution in [1.82, 2.24) is 14.9 Å². The molecule has 0 radical (unpaired) electrons. The highest BCUT2D eigenvalue weighted by Crippen LogP contribution is 2.20. The number of sulfonamides is 1. The van der Waals surface area contributed by atoms with Crippen molar-refractivity contribution in [2.24, 2.45) is 0 Å². The average Bonchev–Trinajstić information content (AvgIpc) is 2.88. The van der Waals surface area contributed by atoms with Crippen molar-refractivity contribution in [3.05, 3.63) is 36.0 Å². The molecule has 6 nitrogen and oxygen atoms in total. The summed E-state index contributed by atoms with van der Waals surface area (Å²) in [7, 11) is -3.24. The molecule has 108 valence electrons. The first-order valence-electron chi connectivity index (χ1n) is 6.06. The molecule has 0 bridgehead atoms. The normalized spacial score (nSPS) is 11.7. The number of hydrogen-bond acceptors (Lipinski definition) is 5. The Morgan fingerprint density at radius 2 is 2.05 bits per heavy atom. The SMILES string of the molecule is CCS(=O)(=O)NCCc1nnc(-c2ccccc2F)o1. The Morgan fingerprint density at radius 1 is 1.30 bits per heavy atom. The van der Waals surface area contributed by atoms with E-state index in [0.29, 0.717) is 0 Å². The highest BCUT2D eigenvalue weighted by molar-refractivity contribution is 7.89. The molecule has 0 aliphatic carbocycles. The maximum atomic E-state index is 13.5. The Balaban J connectivity index is 2.02. The second-order valence-electron chi connectivity index (χ2n) is 4.03. The maximum absolute atomic E-state index is 13.5. The molecule has 1 aromatic carbocycles. The third-order valence-corrected chi connectivity index (χ3v) is 4.02. The van der Waals surface area contributed by atoms with Gasteiger partial charge in [0.15, 0.2) is 0 Å². The highest BCUT2D eigenvalue weighted by Gasteiger charge is 2.13. The van der Waals surface area contributed by atoms with Crippen LogP contribution in [0.1, 0.15) is 12.8 Å². The zero-order valence-corrected chi connectivity index (χ0v) is 11.7. The van der Waals surface area contributed by atoms with Crippen LogP contribution in [0.3, 0.4) is 0 Å². The predicted molar refractivity (Wildman–Crippen MR) is 70.9 cm³/mol. The Labute approximate surface area is 116 Å². The summed E-state index contributed by atoms with van der Waals surface area (Å²) < 4.78 is 43.7. The van der Waals surface area contributed by atoms with Crippen LogP contribution >= 0.6 is 0 Å². The molecule has 1 N–H and O–H groups in total. The van der Waals surface area contributed by atoms with Crippen molar-refractivity contribution < 1.29 is 17.2 Å². The average molecular weight is 299 g/mol. The topological polar surface area (TPSA) is 85.1 Å². The Hall–Kier alpha value is -1.80. The van der Waals surface area contributed by atoms with E-state index in [9.17, 15) is 12.8 Å². The standard InChI is InChI=1S/C12H14FN3O3S/c1-2-20(17,18)14-8-7-11-15-16-12(19-11)9-5-3-4-6-10(9)13/h3-6,14H,2,7-8H2,1H3. The number of rotatable bonds is 6. The molecular formula is C12H14FN3O3S. The van der Waals surface area contributed by atoms with Crippen LogP contribution < -0.4 is 4.72 Å². The van der Waals surface area contributed by atoms with E-state index in [0.717, 1.165) is 0 Å². The van der Waals surface area contributed by atoms with Gasteiger partial charge in [-0.2, -0.15) is 0 Å². The van der Waals surface area contributed by atoms with Crippen molar-refractivity contribution in [2.75, 3.05) is 12.3 Å². The van der Waals surface area contributed by atoms with Crippen molar-refractivity contribution in [2.45, 2.75) is 13.3 Å². The van der Waals surface area contributed by atoms with Gasteiger partial charge in [-0.15, -0.1) is 10.2 Å². The van der Waals surface area contributed by atoms with Crippen LogP contribution in [-0.2, 0) is 16.4 Å². The zero-order chi connectivity index (χ0) is 14.6. The van der Waals surface area contributed by atoms with Crippen LogP contribution in [0.4, 0.5) is 4.39 Å². The van der Waals surface area contributed by atoms with Crippen molar-refractivity contribution in [3.8, 4) is 11.5 Å². The minimum absolute atomic E-state index is 0.0112. The lowest BCUT2D eigenvalue weighted by molar-refractivity contribution is 0.498. The number of benzene rings is 1. The molecule has 0 saturated carbocycles. The van der Waals surface area contributed by atoms with Crippen molar-refractivity contribution in [3.63, 3.8) is 0 Å². The van der Waals surface area contributed by atoms with Gasteiger partial charge in [-0.3, -0.25) is 0 Å². The summed E-state index contributed by atoms with van der Waals surface area (Å²) in [6.45, 7) is 1.71. The molecule has 0 aliphatic heterocycles. The molecule has 0 amide bonds. The van der Waals surface area contributed by atoms with E-state index in [2.05, 4.69) is 14.9 Å². The van der Waals surface area contributed by atoms with Gasteiger partial charge in [0.2, 0.25) is 15.9 Å². The van der Waals surface area contributed by atoms with Crippen molar-refractivity contribution >= 4 is 10.0 Å². The Morgan fingerprint density at radius 3 is 2.75 bits per heavy atom. The molecule has 20 heavy (non-hydrogen) atoms. The fourth-order valence-corrected chi connectivity index (χ4v) is 2.13. The van der Waals surface area contributed by atoms with Crippen LogP contribution in [0, 0.1) is 5.82 Å². The van der Waals surface area contributed by atoms with E-state index in [1.54, 1.807) is 19.1 Å². The van der Waals surface area contributed by atoms with E-state index in [1.807, 2.05) is 0 Å². The first kappa shape index (κ1) is 14.6. The van der Waals surface area contributed by atoms with Gasteiger partial charge in [-0.1, -0.05) is 12.1 Å². The van der Waals surface area contributed by atoms with E-state index < -0.39 is 15.8 Å². The van der Waals surface area contributed by atoms with E-state index in [4.69, 9.17) is 4.42 Å². The zero-order valence-electron chi connectivity index (χ0n) is 10.8. The molecular weight excluding hydrogens is 285 g/mol. The summed E-state index contributed by atoms with van der Waals surface area (Å²) in [5, 5.41) is 7.51. The van der Waals surface area contributed by atoms with E-state index in [-0.39, 0.29) is 36.1 Å². The molecule has 0 unspecified atom stereocenters. The lowest BCUT2D eigenvalue weighted by Crippen LogP contribution is -2.27. The lowest BCUT2D eigenvalue weighted by Gasteiger charge is -2.01. The van der Waals surface area contributed by atoms with Gasteiger partial charge in [0.25, 0.3) is 5.89 Å². The minimum atomic E-state index is -3.24. The maximum Gasteiger partial charge on any atom is 0.250 e. The Kier molecular flexibility index (Phi) is 4.46. The molecule has 1 heterocycles. The number of nitrogens with one attached hydrogen (secondary N) is 1. The quantitative estimate of drug-likeness (QED) is 0.870. The van der Waals surface area contributed by atoms with Gasteiger partial charge < -0.3 is 4.42 Å². The van der Waals surface area contributed by atoms with Crippen LogP contribution in [0.2, 0.25) is 0 Å². The second-order valence-corrected chi connectivity index (χ2v) is 6.12. The van der Waals surface area contributed by atoms with Crippen LogP contribution in [0.15, 0.2) is 28.7 Å². The number of hydrogen-bond donors (Lipinski definition) is 1. The number of nitrogens with zero attached hydrogens (tertiary/aromatic N) is 2. The molecule has 2 aromatic rings. The van der Waals surface area contributed by atoms with E-state index >= 15 is 0 Å². The largest absolute Gasteiger partial charge is 0.421 e. The summed E-state index contributed by atoms with van der Waals surface area (Å²) in [6, 6.07) is 6.06. The van der Waals surface area contributed by atoms with Gasteiger partial charge in [-0.25, -0.2) is 17.5 Å². The van der Waals surface area contributed by atoms with Gasteiger partial charge in [-0.05, 0) is 19.1 Å². The molecule has 0 atom stereocenters. The summed E-state index contributed by atoms with van der Waals surface area (Å²) in [5.74, 6) is -0.106. The Bertz CT molecular complexity index is 685. The minimum Gasteiger partial charge on any atom is -0.421 e. The van der Waals surface area contributed by atoms with Gasteiger partial charge in [0, 0.05) is 13.0 Å². The molecule has 1 aromatic heterocycles. The molecule has 0 spiro atoms. The number of aromatic nitrogens is 2. The van der Waals surface area contributed by atoms with Crippen molar-refractivity contribution in [1.29, 1.82) is 0 Å². The fraction of sp³-hybridized carbons (Fsp3) is 0.333. The summed E-state index contributed by atoms with van der Waals surface area (Å²) in [6.07, 6.45) is 0.251. The smallest absolute Gasteiger partial charge is 0.250 e. The van der Waals surface area contributed by atoms with Gasteiger partial charge >= 0.3 is 0 Å². The fourth-order valence-electron chi connectivity index (χ4n) is 1.51. The van der Waals surface area contributed by atoms with Crippen LogP contribution in [0.25, 0.3) is 11.5 Å².